The third kappa shape index (κ3) is 2.10. The molecule has 0 unspecified atom stereocenters. The molecule has 0 N–H and O–H groups in total. The molecule has 0 heterocycles. The Kier molecular flexibility index (Phi) is 3.10. The van der Waals surface area contributed by atoms with Gasteiger partial charge in [-0.3, -0.25) is 0 Å². The van der Waals surface area contributed by atoms with E-state index in [9.17, 15) is 4.39 Å². The summed E-state index contributed by atoms with van der Waals surface area (Å²) < 4.78 is 18.0. The van der Waals surface area contributed by atoms with Crippen LogP contribution in [0, 0.1) is 17.1 Å². The highest BCUT2D eigenvalue weighted by molar-refractivity contribution is 6.30. The van der Waals surface area contributed by atoms with Gasteiger partial charge in [-0.1, -0.05) is 11.6 Å². The molecule has 13 heavy (non-hydrogen) atoms. The van der Waals surface area contributed by atoms with E-state index in [1.54, 1.807) is 0 Å². The van der Waals surface area contributed by atoms with E-state index in [2.05, 4.69) is 0 Å². The lowest BCUT2D eigenvalue weighted by molar-refractivity contribution is 0.413. The van der Waals surface area contributed by atoms with Crippen LogP contribution in [0.4, 0.5) is 4.39 Å². The van der Waals surface area contributed by atoms with Gasteiger partial charge in [0.05, 0.1) is 24.6 Å². The minimum absolute atomic E-state index is 0.0112. The molecule has 0 atom stereocenters. The second-order valence-corrected chi connectivity index (χ2v) is 2.82. The molecule has 1 aromatic rings. The maximum atomic E-state index is 13.2. The Labute approximate surface area is 80.5 Å². The monoisotopic (exact) mass is 199 g/mol. The number of hydrogen-bond donors (Lipinski definition) is 0. The van der Waals surface area contributed by atoms with Crippen molar-refractivity contribution in [3.63, 3.8) is 0 Å². The molecule has 4 heteroatoms. The smallest absolute Gasteiger partial charge is 0.146 e. The minimum Gasteiger partial charge on any atom is -0.497 e. The highest BCUT2D eigenvalue weighted by Gasteiger charge is 2.08. The topological polar surface area (TPSA) is 33.0 Å². The van der Waals surface area contributed by atoms with E-state index in [1.807, 2.05) is 6.07 Å². The van der Waals surface area contributed by atoms with Gasteiger partial charge < -0.3 is 4.74 Å². The highest BCUT2D eigenvalue weighted by atomic mass is 35.5. The zero-order chi connectivity index (χ0) is 9.84. The molecule has 0 aromatic heterocycles. The van der Waals surface area contributed by atoms with Crippen LogP contribution in [-0.4, -0.2) is 7.11 Å². The Morgan fingerprint density at radius 2 is 2.31 bits per heavy atom. The van der Waals surface area contributed by atoms with Gasteiger partial charge in [0.1, 0.15) is 11.6 Å². The lowest BCUT2D eigenvalue weighted by Gasteiger charge is -2.04. The van der Waals surface area contributed by atoms with Crippen LogP contribution >= 0.6 is 11.6 Å². The van der Waals surface area contributed by atoms with Crippen LogP contribution in [0.2, 0.25) is 5.02 Å². The Balaban J connectivity index is 3.18. The average Bonchev–Trinajstić information content (AvgIpc) is 2.13. The summed E-state index contributed by atoms with van der Waals surface area (Å²) in [7, 11) is 1.46. The molecule has 68 valence electrons. The van der Waals surface area contributed by atoms with Gasteiger partial charge in [-0.25, -0.2) is 4.39 Å². The van der Waals surface area contributed by atoms with E-state index in [4.69, 9.17) is 21.6 Å². The summed E-state index contributed by atoms with van der Waals surface area (Å²) in [5.41, 5.74) is 0.256. The fourth-order valence-electron chi connectivity index (χ4n) is 0.950. The summed E-state index contributed by atoms with van der Waals surface area (Å²) in [5, 5.41) is 8.37. The summed E-state index contributed by atoms with van der Waals surface area (Å²) in [6.45, 7) is 0. The lowest BCUT2D eigenvalue weighted by Crippen LogP contribution is -1.92. The molecule has 0 spiro atoms. The highest BCUT2D eigenvalue weighted by Crippen LogP contribution is 2.25. The number of benzene rings is 1. The number of rotatable bonds is 2. The molecule has 0 aliphatic rings. The summed E-state index contributed by atoms with van der Waals surface area (Å²) >= 11 is 5.57. The molecule has 0 aliphatic heterocycles. The first kappa shape index (κ1) is 9.82. The largest absolute Gasteiger partial charge is 0.497 e. The van der Waals surface area contributed by atoms with Crippen molar-refractivity contribution >= 4 is 11.6 Å². The summed E-state index contributed by atoms with van der Waals surface area (Å²) in [5.74, 6) is -0.0966. The van der Waals surface area contributed by atoms with Gasteiger partial charge in [-0.05, 0) is 6.07 Å². The molecule has 0 radical (unpaired) electrons. The predicted octanol–water partition coefficient (Wildman–Crippen LogP) is 2.55. The van der Waals surface area contributed by atoms with Crippen molar-refractivity contribution in [1.82, 2.24) is 0 Å². The van der Waals surface area contributed by atoms with E-state index in [1.165, 1.54) is 19.2 Å². The molecule has 0 saturated heterocycles. The van der Waals surface area contributed by atoms with E-state index in [0.29, 0.717) is 5.75 Å². The molecule has 2 nitrogen and oxygen atoms in total. The van der Waals surface area contributed by atoms with Crippen LogP contribution in [-0.2, 0) is 6.42 Å². The van der Waals surface area contributed by atoms with Crippen molar-refractivity contribution in [3.8, 4) is 11.8 Å². The number of ether oxygens (including phenoxy) is 1. The van der Waals surface area contributed by atoms with Gasteiger partial charge >= 0.3 is 0 Å². The predicted molar refractivity (Wildman–Crippen MR) is 47.3 cm³/mol. The summed E-state index contributed by atoms with van der Waals surface area (Å²) in [6, 6.07) is 4.68. The SMILES string of the molecule is COc1cc(Cl)c(F)c(CC#N)c1. The summed E-state index contributed by atoms with van der Waals surface area (Å²) in [4.78, 5) is 0. The van der Waals surface area contributed by atoms with Gasteiger partial charge in [0.2, 0.25) is 0 Å². The van der Waals surface area contributed by atoms with Gasteiger partial charge in [0.25, 0.3) is 0 Å². The molecule has 0 amide bonds. The fraction of sp³-hybridized carbons (Fsp3) is 0.222. The Morgan fingerprint density at radius 1 is 1.62 bits per heavy atom. The third-order valence-electron chi connectivity index (χ3n) is 1.58. The van der Waals surface area contributed by atoms with Crippen LogP contribution in [0.1, 0.15) is 5.56 Å². The molecule has 0 fully saturated rings. The molecule has 1 rings (SSSR count). The fourth-order valence-corrected chi connectivity index (χ4v) is 1.18. The Morgan fingerprint density at radius 3 is 2.85 bits per heavy atom. The van der Waals surface area contributed by atoms with Crippen molar-refractivity contribution in [1.29, 1.82) is 5.26 Å². The Bertz CT molecular complexity index is 359. The van der Waals surface area contributed by atoms with Gasteiger partial charge in [-0.2, -0.15) is 5.26 Å². The van der Waals surface area contributed by atoms with Crippen LogP contribution < -0.4 is 4.74 Å². The first-order chi connectivity index (χ1) is 6.19. The average molecular weight is 200 g/mol. The van der Waals surface area contributed by atoms with Crippen molar-refractivity contribution < 1.29 is 9.13 Å². The second-order valence-electron chi connectivity index (χ2n) is 2.42. The zero-order valence-corrected chi connectivity index (χ0v) is 7.73. The van der Waals surface area contributed by atoms with Gasteiger partial charge in [0.15, 0.2) is 0 Å². The normalized spacial score (nSPS) is 9.38. The van der Waals surface area contributed by atoms with E-state index in [0.717, 1.165) is 0 Å². The lowest BCUT2D eigenvalue weighted by atomic mass is 10.1. The van der Waals surface area contributed by atoms with Crippen LogP contribution in [0.5, 0.6) is 5.75 Å². The number of hydrogen-bond acceptors (Lipinski definition) is 2. The maximum absolute atomic E-state index is 13.2. The second kappa shape index (κ2) is 4.11. The zero-order valence-electron chi connectivity index (χ0n) is 6.97. The molecule has 0 saturated carbocycles. The number of methoxy groups -OCH3 is 1. The van der Waals surface area contributed by atoms with E-state index in [-0.39, 0.29) is 17.0 Å². The first-order valence-electron chi connectivity index (χ1n) is 3.58. The third-order valence-corrected chi connectivity index (χ3v) is 1.86. The number of halogens is 2. The van der Waals surface area contributed by atoms with Gasteiger partial charge in [-0.15, -0.1) is 0 Å². The van der Waals surface area contributed by atoms with Crippen molar-refractivity contribution in [2.75, 3.05) is 7.11 Å². The molecular weight excluding hydrogens is 193 g/mol. The van der Waals surface area contributed by atoms with Crippen molar-refractivity contribution in [2.24, 2.45) is 0 Å². The number of nitriles is 1. The van der Waals surface area contributed by atoms with E-state index < -0.39 is 5.82 Å². The van der Waals surface area contributed by atoms with Gasteiger partial charge in [0, 0.05) is 11.6 Å². The quantitative estimate of drug-likeness (QED) is 0.734. The van der Waals surface area contributed by atoms with Crippen LogP contribution in [0.15, 0.2) is 12.1 Å². The standard InChI is InChI=1S/C9H7ClFNO/c1-13-7-4-6(2-3-12)9(11)8(10)5-7/h4-5H,2H2,1H3. The maximum Gasteiger partial charge on any atom is 0.146 e. The molecule has 1 aromatic carbocycles. The van der Waals surface area contributed by atoms with Crippen LogP contribution in [0.3, 0.4) is 0 Å². The van der Waals surface area contributed by atoms with Crippen molar-refractivity contribution in [3.05, 3.63) is 28.5 Å². The summed E-state index contributed by atoms with van der Waals surface area (Å²) in [6.07, 6.45) is -0.0112. The molecule has 0 bridgehead atoms. The number of nitrogens with zero attached hydrogens (tertiary/aromatic N) is 1. The molecule has 0 aliphatic carbocycles. The minimum atomic E-state index is -0.552. The molecular formula is C9H7ClFNO. The van der Waals surface area contributed by atoms with E-state index >= 15 is 0 Å². The van der Waals surface area contributed by atoms with Crippen LogP contribution in [0.25, 0.3) is 0 Å². The van der Waals surface area contributed by atoms with Crippen molar-refractivity contribution in [2.45, 2.75) is 6.42 Å². The first-order valence-corrected chi connectivity index (χ1v) is 3.95. The Hall–Kier alpha value is -1.27.